The number of hydrogen-bond donors (Lipinski definition) is 2. The van der Waals surface area contributed by atoms with Gasteiger partial charge in [-0.3, -0.25) is 9.59 Å². The van der Waals surface area contributed by atoms with Crippen molar-refractivity contribution in [3.05, 3.63) is 65.2 Å². The molecule has 39 heavy (non-hydrogen) atoms. The maximum atomic E-state index is 13.3. The highest BCUT2D eigenvalue weighted by atomic mass is 19.4. The van der Waals surface area contributed by atoms with Gasteiger partial charge in [-0.15, -0.1) is 0 Å². The molecule has 2 fully saturated rings. The summed E-state index contributed by atoms with van der Waals surface area (Å²) in [6.07, 6.45) is 1.57. The molecule has 2 N–H and O–H groups in total. The van der Waals surface area contributed by atoms with Crippen LogP contribution in [0.1, 0.15) is 79.3 Å². The van der Waals surface area contributed by atoms with Crippen LogP contribution in [0.5, 0.6) is 5.75 Å². The highest BCUT2D eigenvalue weighted by Gasteiger charge is 2.50. The Kier molecular flexibility index (Phi) is 9.20. The van der Waals surface area contributed by atoms with Crippen LogP contribution in [0.25, 0.3) is 0 Å². The third kappa shape index (κ3) is 7.53. The van der Waals surface area contributed by atoms with Crippen LogP contribution in [0.2, 0.25) is 0 Å². The first-order valence-electron chi connectivity index (χ1n) is 13.8. The normalized spacial score (nSPS) is 21.8. The number of carbonyl (C=O) groups excluding carboxylic acids is 2. The molecule has 0 radical (unpaired) electrons. The molecule has 1 saturated carbocycles. The van der Waals surface area contributed by atoms with Crippen molar-refractivity contribution < 1.29 is 27.5 Å². The summed E-state index contributed by atoms with van der Waals surface area (Å²) < 4.78 is 43.9. The molecule has 9 heteroatoms. The van der Waals surface area contributed by atoms with Crippen LogP contribution in [0, 0.1) is 0 Å². The van der Waals surface area contributed by atoms with Crippen LogP contribution in [-0.2, 0) is 11.0 Å². The second-order valence-electron chi connectivity index (χ2n) is 10.9. The first-order valence-corrected chi connectivity index (χ1v) is 13.8. The van der Waals surface area contributed by atoms with Crippen LogP contribution in [-0.4, -0.2) is 55.0 Å². The zero-order valence-corrected chi connectivity index (χ0v) is 22.7. The van der Waals surface area contributed by atoms with Crippen LogP contribution >= 0.6 is 0 Å². The summed E-state index contributed by atoms with van der Waals surface area (Å²) in [4.78, 5) is 27.9. The number of alkyl halides is 3. The molecule has 2 aromatic carbocycles. The highest BCUT2D eigenvalue weighted by molar-refractivity contribution is 5.97. The molecule has 1 saturated heterocycles. The van der Waals surface area contributed by atoms with Crippen molar-refractivity contribution in [3.8, 4) is 5.75 Å². The number of amides is 2. The quantitative estimate of drug-likeness (QED) is 0.364. The second kappa shape index (κ2) is 12.4. The van der Waals surface area contributed by atoms with E-state index < -0.39 is 23.7 Å². The molecular formula is C30H38F3N3O3. The van der Waals surface area contributed by atoms with Gasteiger partial charge in [0.15, 0.2) is 0 Å². The van der Waals surface area contributed by atoms with E-state index in [9.17, 15) is 22.8 Å². The van der Waals surface area contributed by atoms with Crippen LogP contribution in [0.3, 0.4) is 0 Å². The fourth-order valence-electron chi connectivity index (χ4n) is 5.37. The van der Waals surface area contributed by atoms with Gasteiger partial charge in [0.2, 0.25) is 5.91 Å². The summed E-state index contributed by atoms with van der Waals surface area (Å²) in [5.74, 6) is 0.634. The number of rotatable bonds is 11. The summed E-state index contributed by atoms with van der Waals surface area (Å²) in [7, 11) is 1.66. The molecule has 1 heterocycles. The van der Waals surface area contributed by atoms with E-state index >= 15 is 0 Å². The molecule has 1 unspecified atom stereocenters. The molecule has 1 aliphatic carbocycles. The number of nitrogens with one attached hydrogen (secondary N) is 2. The maximum Gasteiger partial charge on any atom is 0.416 e. The average Bonchev–Trinajstić information content (AvgIpc) is 3.62. The first kappa shape index (κ1) is 28.9. The van der Waals surface area contributed by atoms with E-state index in [1.54, 1.807) is 12.0 Å². The van der Waals surface area contributed by atoms with Gasteiger partial charge in [0.1, 0.15) is 11.8 Å². The molecule has 212 valence electrons. The van der Waals surface area contributed by atoms with E-state index in [-0.39, 0.29) is 17.0 Å². The van der Waals surface area contributed by atoms with Crippen molar-refractivity contribution in [2.45, 2.75) is 75.5 Å². The van der Waals surface area contributed by atoms with Gasteiger partial charge in [0, 0.05) is 30.1 Å². The van der Waals surface area contributed by atoms with E-state index in [0.717, 1.165) is 75.1 Å². The van der Waals surface area contributed by atoms with Crippen molar-refractivity contribution >= 4 is 11.8 Å². The van der Waals surface area contributed by atoms with Gasteiger partial charge in [0.25, 0.3) is 5.91 Å². The zero-order valence-electron chi connectivity index (χ0n) is 22.7. The average molecular weight is 546 g/mol. The molecule has 3 atom stereocenters. The Balaban J connectivity index is 1.29. The predicted octanol–water partition coefficient (Wildman–Crippen LogP) is 5.53. The van der Waals surface area contributed by atoms with E-state index in [1.807, 2.05) is 12.1 Å². The number of piperidine rings is 1. The number of benzene rings is 2. The van der Waals surface area contributed by atoms with Crippen LogP contribution in [0.15, 0.2) is 48.5 Å². The number of ether oxygens (including phenoxy) is 1. The van der Waals surface area contributed by atoms with Gasteiger partial charge in [-0.05, 0) is 100 Å². The summed E-state index contributed by atoms with van der Waals surface area (Å²) in [5.41, 5.74) is 0.608. The molecule has 2 amide bonds. The van der Waals surface area contributed by atoms with Crippen molar-refractivity contribution in [1.29, 1.82) is 0 Å². The Morgan fingerprint density at radius 3 is 2.31 bits per heavy atom. The van der Waals surface area contributed by atoms with Gasteiger partial charge in [-0.1, -0.05) is 12.1 Å². The minimum absolute atomic E-state index is 0.0361. The lowest BCUT2D eigenvalue weighted by Gasteiger charge is -2.31. The topological polar surface area (TPSA) is 70.7 Å². The smallest absolute Gasteiger partial charge is 0.416 e. The lowest BCUT2D eigenvalue weighted by atomic mass is 10.0. The van der Waals surface area contributed by atoms with Crippen molar-refractivity contribution in [1.82, 2.24) is 15.5 Å². The summed E-state index contributed by atoms with van der Waals surface area (Å²) >= 11 is 0. The van der Waals surface area contributed by atoms with Gasteiger partial charge in [-0.25, -0.2) is 0 Å². The summed E-state index contributed by atoms with van der Waals surface area (Å²) in [5, 5.41) is 6.46. The van der Waals surface area contributed by atoms with Crippen molar-refractivity contribution in [2.24, 2.45) is 0 Å². The molecule has 2 aliphatic rings. The predicted molar refractivity (Wildman–Crippen MR) is 144 cm³/mol. The minimum atomic E-state index is -4.47. The molecule has 0 spiro atoms. The van der Waals surface area contributed by atoms with Gasteiger partial charge in [0.05, 0.1) is 12.7 Å². The minimum Gasteiger partial charge on any atom is -0.497 e. The standard InChI is InChI=1S/C30H38F3N3O3/c1-29(20-25(29)21-11-15-24(39-2)16-12-21)34-17-5-4-8-26(28(38)36-18-6-3-7-19-36)35-27(37)22-9-13-23(14-10-22)30(31,32)33/h9-16,25-26,34H,3-8,17-20H2,1-2H3,(H,35,37)/t25-,26-,29?/m0/s1. The van der Waals surface area contributed by atoms with Gasteiger partial charge >= 0.3 is 6.18 Å². The van der Waals surface area contributed by atoms with Crippen LogP contribution in [0.4, 0.5) is 13.2 Å². The number of unbranched alkanes of at least 4 members (excludes halogenated alkanes) is 1. The second-order valence-corrected chi connectivity index (χ2v) is 10.9. The van der Waals surface area contributed by atoms with Gasteiger partial charge < -0.3 is 20.3 Å². The Bertz CT molecular complexity index is 1120. The number of halogens is 3. The molecule has 1 aliphatic heterocycles. The third-order valence-electron chi connectivity index (χ3n) is 7.95. The maximum absolute atomic E-state index is 13.3. The van der Waals surface area contributed by atoms with E-state index in [4.69, 9.17) is 4.74 Å². The largest absolute Gasteiger partial charge is 0.497 e. The fourth-order valence-corrected chi connectivity index (χ4v) is 5.37. The Labute approximate surface area is 228 Å². The Hall–Kier alpha value is -3.07. The number of nitrogens with zero attached hydrogens (tertiary/aromatic N) is 1. The molecule has 6 nitrogen and oxygen atoms in total. The summed E-state index contributed by atoms with van der Waals surface area (Å²) in [6.45, 7) is 4.34. The molecule has 4 rings (SSSR count). The Morgan fingerprint density at radius 2 is 1.69 bits per heavy atom. The zero-order chi connectivity index (χ0) is 28.0. The first-order chi connectivity index (χ1) is 18.6. The van der Waals surface area contributed by atoms with Crippen LogP contribution < -0.4 is 15.4 Å². The van der Waals surface area contributed by atoms with E-state index in [1.165, 1.54) is 5.56 Å². The molecular weight excluding hydrogens is 507 g/mol. The lowest BCUT2D eigenvalue weighted by molar-refractivity contribution is -0.137. The fraction of sp³-hybridized carbons (Fsp3) is 0.533. The van der Waals surface area contributed by atoms with Crippen molar-refractivity contribution in [3.63, 3.8) is 0 Å². The molecule has 0 aromatic heterocycles. The SMILES string of the molecule is COc1ccc([C@@H]2CC2(C)NCCCC[C@H](NC(=O)c2ccc(C(F)(F)F)cc2)C(=O)N2CCCCC2)cc1. The lowest BCUT2D eigenvalue weighted by Crippen LogP contribution is -2.50. The number of methoxy groups -OCH3 is 1. The molecule has 2 aromatic rings. The van der Waals surface area contributed by atoms with Crippen molar-refractivity contribution in [2.75, 3.05) is 26.7 Å². The summed E-state index contributed by atoms with van der Waals surface area (Å²) in [6, 6.07) is 11.5. The van der Waals surface area contributed by atoms with E-state index in [2.05, 4.69) is 29.7 Å². The number of hydrogen-bond acceptors (Lipinski definition) is 4. The number of likely N-dealkylation sites (tertiary alicyclic amines) is 1. The van der Waals surface area contributed by atoms with Gasteiger partial charge in [-0.2, -0.15) is 13.2 Å². The number of carbonyl (C=O) groups is 2. The monoisotopic (exact) mass is 545 g/mol. The third-order valence-corrected chi connectivity index (χ3v) is 7.95. The molecule has 0 bridgehead atoms. The Morgan fingerprint density at radius 1 is 1.03 bits per heavy atom. The van der Waals surface area contributed by atoms with E-state index in [0.29, 0.717) is 25.4 Å². The highest BCUT2D eigenvalue weighted by Crippen LogP contribution is 2.51.